The predicted octanol–water partition coefficient (Wildman–Crippen LogP) is 0.863. The van der Waals surface area contributed by atoms with E-state index in [1.807, 2.05) is 6.92 Å². The molecule has 0 fully saturated rings. The van der Waals surface area contributed by atoms with Crippen molar-refractivity contribution in [3.63, 3.8) is 0 Å². The number of aliphatic hydroxyl groups is 1. The average Bonchev–Trinajstić information content (AvgIpc) is 2.67. The van der Waals surface area contributed by atoms with Gasteiger partial charge in [-0.25, -0.2) is 0 Å². The fourth-order valence-electron chi connectivity index (χ4n) is 1.44. The molecule has 0 saturated carbocycles. The van der Waals surface area contributed by atoms with E-state index >= 15 is 0 Å². The molecule has 1 amide bonds. The van der Waals surface area contributed by atoms with Crippen LogP contribution in [-0.4, -0.2) is 33.9 Å². The van der Waals surface area contributed by atoms with Crippen LogP contribution in [0.15, 0.2) is 6.07 Å². The SMILES string of the molecule is CCCc1cc(C(=O)NC(C)CCO)n[nH]1. The predicted molar refractivity (Wildman–Crippen MR) is 61.2 cm³/mol. The zero-order chi connectivity index (χ0) is 12.0. The van der Waals surface area contributed by atoms with Crippen LogP contribution in [0.25, 0.3) is 0 Å². The van der Waals surface area contributed by atoms with Crippen LogP contribution in [0.5, 0.6) is 0 Å². The first-order valence-corrected chi connectivity index (χ1v) is 5.63. The minimum absolute atomic E-state index is 0.0381. The molecule has 1 heterocycles. The number of rotatable bonds is 6. The van der Waals surface area contributed by atoms with Crippen LogP contribution in [0, 0.1) is 0 Å². The van der Waals surface area contributed by atoms with Gasteiger partial charge in [-0.1, -0.05) is 13.3 Å². The normalized spacial score (nSPS) is 12.4. The van der Waals surface area contributed by atoms with Crippen molar-refractivity contribution in [3.05, 3.63) is 17.5 Å². The van der Waals surface area contributed by atoms with Crippen LogP contribution >= 0.6 is 0 Å². The molecule has 1 aromatic rings. The van der Waals surface area contributed by atoms with Gasteiger partial charge in [-0.2, -0.15) is 5.10 Å². The molecule has 90 valence electrons. The molecular formula is C11H19N3O2. The molecule has 5 heteroatoms. The number of hydrogen-bond acceptors (Lipinski definition) is 3. The number of amides is 1. The first kappa shape index (κ1) is 12.7. The fraction of sp³-hybridized carbons (Fsp3) is 0.636. The second kappa shape index (κ2) is 6.27. The van der Waals surface area contributed by atoms with Crippen LogP contribution < -0.4 is 5.32 Å². The highest BCUT2D eigenvalue weighted by Crippen LogP contribution is 2.03. The maximum absolute atomic E-state index is 11.7. The van der Waals surface area contributed by atoms with Crippen molar-refractivity contribution in [2.45, 2.75) is 39.2 Å². The van der Waals surface area contributed by atoms with Gasteiger partial charge >= 0.3 is 0 Å². The van der Waals surface area contributed by atoms with E-state index in [9.17, 15) is 4.79 Å². The van der Waals surface area contributed by atoms with E-state index in [2.05, 4.69) is 22.4 Å². The van der Waals surface area contributed by atoms with Crippen molar-refractivity contribution < 1.29 is 9.90 Å². The lowest BCUT2D eigenvalue weighted by molar-refractivity contribution is 0.0929. The molecule has 0 spiro atoms. The number of carbonyl (C=O) groups is 1. The van der Waals surface area contributed by atoms with E-state index in [4.69, 9.17) is 5.11 Å². The van der Waals surface area contributed by atoms with Crippen LogP contribution in [0.1, 0.15) is 42.9 Å². The Morgan fingerprint density at radius 3 is 3.06 bits per heavy atom. The van der Waals surface area contributed by atoms with Crippen molar-refractivity contribution in [1.82, 2.24) is 15.5 Å². The van der Waals surface area contributed by atoms with Gasteiger partial charge in [0.2, 0.25) is 0 Å². The molecule has 0 aliphatic rings. The van der Waals surface area contributed by atoms with Gasteiger partial charge in [-0.15, -0.1) is 0 Å². The first-order valence-electron chi connectivity index (χ1n) is 5.63. The monoisotopic (exact) mass is 225 g/mol. The molecule has 5 nitrogen and oxygen atoms in total. The van der Waals surface area contributed by atoms with Gasteiger partial charge in [0, 0.05) is 18.3 Å². The summed E-state index contributed by atoms with van der Waals surface area (Å²) in [4.78, 5) is 11.7. The summed E-state index contributed by atoms with van der Waals surface area (Å²) in [6.45, 7) is 4.00. The van der Waals surface area contributed by atoms with Gasteiger partial charge in [0.1, 0.15) is 5.69 Å². The molecule has 0 radical (unpaired) electrons. The number of aliphatic hydroxyl groups excluding tert-OH is 1. The summed E-state index contributed by atoms with van der Waals surface area (Å²) < 4.78 is 0. The third-order valence-corrected chi connectivity index (χ3v) is 2.32. The molecule has 0 aliphatic heterocycles. The molecule has 0 aromatic carbocycles. The second-order valence-corrected chi connectivity index (χ2v) is 3.92. The van der Waals surface area contributed by atoms with E-state index in [0.717, 1.165) is 18.5 Å². The number of aromatic amines is 1. The Labute approximate surface area is 95.3 Å². The Hall–Kier alpha value is -1.36. The summed E-state index contributed by atoms with van der Waals surface area (Å²) in [5, 5.41) is 18.3. The second-order valence-electron chi connectivity index (χ2n) is 3.92. The van der Waals surface area contributed by atoms with Crippen molar-refractivity contribution in [3.8, 4) is 0 Å². The van der Waals surface area contributed by atoms with E-state index in [1.54, 1.807) is 6.07 Å². The fourth-order valence-corrected chi connectivity index (χ4v) is 1.44. The van der Waals surface area contributed by atoms with E-state index in [0.29, 0.717) is 12.1 Å². The minimum atomic E-state index is -0.195. The largest absolute Gasteiger partial charge is 0.396 e. The van der Waals surface area contributed by atoms with Crippen molar-refractivity contribution in [2.24, 2.45) is 0 Å². The van der Waals surface area contributed by atoms with Gasteiger partial charge in [-0.3, -0.25) is 9.89 Å². The first-order chi connectivity index (χ1) is 7.67. The highest BCUT2D eigenvalue weighted by Gasteiger charge is 2.12. The summed E-state index contributed by atoms with van der Waals surface area (Å²) >= 11 is 0. The lowest BCUT2D eigenvalue weighted by Crippen LogP contribution is -2.33. The summed E-state index contributed by atoms with van der Waals surface area (Å²) in [7, 11) is 0. The van der Waals surface area contributed by atoms with E-state index in [-0.39, 0.29) is 18.6 Å². The topological polar surface area (TPSA) is 78.0 Å². The Morgan fingerprint density at radius 2 is 2.44 bits per heavy atom. The van der Waals surface area contributed by atoms with Crippen LogP contribution in [-0.2, 0) is 6.42 Å². The number of nitrogens with one attached hydrogen (secondary N) is 2. The lowest BCUT2D eigenvalue weighted by Gasteiger charge is -2.10. The number of H-pyrrole nitrogens is 1. The zero-order valence-corrected chi connectivity index (χ0v) is 9.79. The molecule has 0 bridgehead atoms. The third kappa shape index (κ3) is 3.66. The average molecular weight is 225 g/mol. The number of hydrogen-bond donors (Lipinski definition) is 3. The van der Waals surface area contributed by atoms with Crippen molar-refractivity contribution in [2.75, 3.05) is 6.61 Å². The molecule has 0 aliphatic carbocycles. The van der Waals surface area contributed by atoms with Crippen molar-refractivity contribution >= 4 is 5.91 Å². The maximum atomic E-state index is 11.7. The molecule has 1 aromatic heterocycles. The van der Waals surface area contributed by atoms with Crippen LogP contribution in [0.2, 0.25) is 0 Å². The summed E-state index contributed by atoms with van der Waals surface area (Å²) in [6.07, 6.45) is 2.47. The number of carbonyl (C=O) groups excluding carboxylic acids is 1. The van der Waals surface area contributed by atoms with Gasteiger partial charge < -0.3 is 10.4 Å². The highest BCUT2D eigenvalue weighted by atomic mass is 16.3. The van der Waals surface area contributed by atoms with Gasteiger partial charge in [0.15, 0.2) is 0 Å². The van der Waals surface area contributed by atoms with Gasteiger partial charge in [0.05, 0.1) is 0 Å². The smallest absolute Gasteiger partial charge is 0.271 e. The maximum Gasteiger partial charge on any atom is 0.271 e. The molecule has 3 N–H and O–H groups in total. The highest BCUT2D eigenvalue weighted by molar-refractivity contribution is 5.92. The molecule has 0 saturated heterocycles. The third-order valence-electron chi connectivity index (χ3n) is 2.32. The summed E-state index contributed by atoms with van der Waals surface area (Å²) in [5.74, 6) is -0.195. The minimum Gasteiger partial charge on any atom is -0.396 e. The molecule has 1 rings (SSSR count). The Bertz CT molecular complexity index is 336. The lowest BCUT2D eigenvalue weighted by atomic mass is 10.2. The number of nitrogens with zero attached hydrogens (tertiary/aromatic N) is 1. The zero-order valence-electron chi connectivity index (χ0n) is 9.79. The summed E-state index contributed by atoms with van der Waals surface area (Å²) in [6, 6.07) is 1.73. The van der Waals surface area contributed by atoms with Gasteiger partial charge in [-0.05, 0) is 25.8 Å². The van der Waals surface area contributed by atoms with Crippen molar-refractivity contribution in [1.29, 1.82) is 0 Å². The van der Waals surface area contributed by atoms with E-state index in [1.165, 1.54) is 0 Å². The summed E-state index contributed by atoms with van der Waals surface area (Å²) in [5.41, 5.74) is 1.38. The molecule has 1 atom stereocenters. The Balaban J connectivity index is 2.52. The molecule has 16 heavy (non-hydrogen) atoms. The quantitative estimate of drug-likeness (QED) is 0.672. The van der Waals surface area contributed by atoms with E-state index < -0.39 is 0 Å². The molecule has 1 unspecified atom stereocenters. The Kier molecular flexibility index (Phi) is 4.98. The standard InChI is InChI=1S/C11H19N3O2/c1-3-4-9-7-10(14-13-9)11(16)12-8(2)5-6-15/h7-8,15H,3-6H2,1-2H3,(H,12,16)(H,13,14). The number of aromatic nitrogens is 2. The number of aryl methyl sites for hydroxylation is 1. The molecular weight excluding hydrogens is 206 g/mol. The van der Waals surface area contributed by atoms with Crippen LogP contribution in [0.4, 0.5) is 0 Å². The van der Waals surface area contributed by atoms with Crippen LogP contribution in [0.3, 0.4) is 0 Å². The van der Waals surface area contributed by atoms with Gasteiger partial charge in [0.25, 0.3) is 5.91 Å². The Morgan fingerprint density at radius 1 is 1.69 bits per heavy atom.